The van der Waals surface area contributed by atoms with Crippen molar-refractivity contribution >= 4 is 16.1 Å². The number of halogens is 10. The first-order valence-electron chi connectivity index (χ1n) is 11.1. The van der Waals surface area contributed by atoms with Crippen LogP contribution in [0.3, 0.4) is 0 Å². The number of aliphatic hydroxyl groups is 1. The van der Waals surface area contributed by atoms with E-state index in [-0.39, 0.29) is 25.7 Å². The molecule has 0 radical (unpaired) electrons. The molecule has 0 heterocycles. The molecule has 1 rings (SSSR count). The van der Waals surface area contributed by atoms with E-state index < -0.39 is 95.3 Å². The molecule has 1 fully saturated rings. The minimum Gasteiger partial charge on any atom is -0.455 e. The van der Waals surface area contributed by atoms with E-state index in [1.807, 2.05) is 0 Å². The van der Waals surface area contributed by atoms with Crippen molar-refractivity contribution in [3.8, 4) is 0 Å². The number of unbranched alkanes of at least 4 members (excludes halogenated alkanes) is 1. The van der Waals surface area contributed by atoms with Crippen molar-refractivity contribution in [1.82, 2.24) is 0 Å². The second-order valence-electron chi connectivity index (χ2n) is 8.80. The number of carbonyl (C=O) groups excluding carboxylic acids is 1. The molecular weight excluding hydrogens is 574 g/mol. The van der Waals surface area contributed by atoms with Crippen molar-refractivity contribution in [3.63, 3.8) is 0 Å². The molecule has 0 aromatic heterocycles. The Kier molecular flexibility index (Phi) is 11.1. The molecule has 0 saturated heterocycles. The summed E-state index contributed by atoms with van der Waals surface area (Å²) in [6, 6.07) is 0. The van der Waals surface area contributed by atoms with Gasteiger partial charge in [-0.3, -0.25) is 4.55 Å². The van der Waals surface area contributed by atoms with Gasteiger partial charge < -0.3 is 14.6 Å². The van der Waals surface area contributed by atoms with Crippen LogP contribution in [0.2, 0.25) is 0 Å². The van der Waals surface area contributed by atoms with E-state index in [0.717, 1.165) is 0 Å². The molecule has 0 bridgehead atoms. The van der Waals surface area contributed by atoms with Crippen molar-refractivity contribution in [2.75, 3.05) is 13.2 Å². The highest BCUT2D eigenvalue weighted by atomic mass is 32.2. The molecule has 0 aromatic rings. The summed E-state index contributed by atoms with van der Waals surface area (Å²) in [7, 11) is -6.41. The highest BCUT2D eigenvalue weighted by Crippen LogP contribution is 2.50. The van der Waals surface area contributed by atoms with Gasteiger partial charge in [-0.15, -0.1) is 0 Å². The zero-order chi connectivity index (χ0) is 29.8. The van der Waals surface area contributed by atoms with E-state index in [4.69, 9.17) is 9.29 Å². The SMILES string of the molecule is C=C(COCCCCC(F)(F)C(F)(F)S(=O)(=O)O)C(=O)OC(C1CCCCC1)C(O)(C(F)(F)F)C(F)(F)F. The normalized spacial score (nSPS) is 17.8. The molecule has 38 heavy (non-hydrogen) atoms. The molecule has 1 saturated carbocycles. The van der Waals surface area contributed by atoms with E-state index in [1.54, 1.807) is 0 Å². The van der Waals surface area contributed by atoms with Crippen LogP contribution in [0.15, 0.2) is 12.2 Å². The molecule has 18 heteroatoms. The van der Waals surface area contributed by atoms with Crippen molar-refractivity contribution < 1.29 is 76.2 Å². The molecule has 224 valence electrons. The number of esters is 1. The third kappa shape index (κ3) is 7.71. The molecule has 7 nitrogen and oxygen atoms in total. The molecule has 1 aliphatic carbocycles. The summed E-state index contributed by atoms with van der Waals surface area (Å²) < 4.78 is 172. The molecule has 1 aliphatic rings. The lowest BCUT2D eigenvalue weighted by molar-refractivity contribution is -0.396. The number of rotatable bonds is 13. The zero-order valence-corrected chi connectivity index (χ0v) is 20.4. The molecule has 1 unspecified atom stereocenters. The Labute approximate surface area is 210 Å². The van der Waals surface area contributed by atoms with Gasteiger partial charge in [0.25, 0.3) is 5.60 Å². The van der Waals surface area contributed by atoms with Crippen LogP contribution in [0.25, 0.3) is 0 Å². The number of alkyl halides is 10. The van der Waals surface area contributed by atoms with Gasteiger partial charge in [0.1, 0.15) is 0 Å². The third-order valence-electron chi connectivity index (χ3n) is 5.93. The Morgan fingerprint density at radius 3 is 1.87 bits per heavy atom. The quantitative estimate of drug-likeness (QED) is 0.0985. The lowest BCUT2D eigenvalue weighted by atomic mass is 9.77. The minimum absolute atomic E-state index is 0.198. The van der Waals surface area contributed by atoms with E-state index in [0.29, 0.717) is 6.42 Å². The van der Waals surface area contributed by atoms with Crippen LogP contribution >= 0.6 is 0 Å². The second kappa shape index (κ2) is 12.2. The number of ether oxygens (including phenoxy) is 2. The van der Waals surface area contributed by atoms with Crippen LogP contribution < -0.4 is 0 Å². The maximum atomic E-state index is 13.4. The van der Waals surface area contributed by atoms with Crippen LogP contribution in [-0.4, -0.2) is 72.5 Å². The summed E-state index contributed by atoms with van der Waals surface area (Å²) in [4.78, 5) is 12.2. The van der Waals surface area contributed by atoms with Crippen LogP contribution in [0.1, 0.15) is 51.4 Å². The van der Waals surface area contributed by atoms with Gasteiger partial charge in [-0.25, -0.2) is 4.79 Å². The van der Waals surface area contributed by atoms with Crippen molar-refractivity contribution in [2.45, 2.75) is 86.6 Å². The topological polar surface area (TPSA) is 110 Å². The maximum Gasteiger partial charge on any atom is 0.431 e. The van der Waals surface area contributed by atoms with Gasteiger partial charge in [0, 0.05) is 13.0 Å². The highest BCUT2D eigenvalue weighted by Gasteiger charge is 2.76. The Morgan fingerprint density at radius 2 is 1.42 bits per heavy atom. The van der Waals surface area contributed by atoms with Crippen LogP contribution in [0.4, 0.5) is 43.9 Å². The Hall–Kier alpha value is -1.66. The smallest absolute Gasteiger partial charge is 0.431 e. The summed E-state index contributed by atoms with van der Waals surface area (Å²) in [5.41, 5.74) is -6.17. The molecule has 1 atom stereocenters. The fourth-order valence-corrected chi connectivity index (χ4v) is 4.26. The Bertz CT molecular complexity index is 911. The second-order valence-corrected chi connectivity index (χ2v) is 10.3. The average molecular weight is 600 g/mol. The summed E-state index contributed by atoms with van der Waals surface area (Å²) in [5.74, 6) is -8.39. The van der Waals surface area contributed by atoms with Crippen LogP contribution in [0, 0.1) is 5.92 Å². The Balaban J connectivity index is 2.78. The molecule has 0 aliphatic heterocycles. The third-order valence-corrected chi connectivity index (χ3v) is 6.88. The van der Waals surface area contributed by atoms with E-state index in [2.05, 4.69) is 11.3 Å². The lowest BCUT2D eigenvalue weighted by Crippen LogP contribution is -2.67. The first kappa shape index (κ1) is 34.4. The molecular formula is C20H26F10O7S. The fourth-order valence-electron chi connectivity index (χ4n) is 3.78. The Morgan fingerprint density at radius 1 is 0.921 bits per heavy atom. The summed E-state index contributed by atoms with van der Waals surface area (Å²) in [6.07, 6.45) is -17.9. The average Bonchev–Trinajstić information content (AvgIpc) is 2.77. The van der Waals surface area contributed by atoms with Gasteiger partial charge in [0.2, 0.25) is 0 Å². The van der Waals surface area contributed by atoms with Gasteiger partial charge in [0.05, 0.1) is 12.2 Å². The van der Waals surface area contributed by atoms with Gasteiger partial charge in [0.15, 0.2) is 6.10 Å². The summed E-state index contributed by atoms with van der Waals surface area (Å²) >= 11 is 0. The number of carbonyl (C=O) groups is 1. The number of hydrogen-bond acceptors (Lipinski definition) is 6. The zero-order valence-electron chi connectivity index (χ0n) is 19.6. The van der Waals surface area contributed by atoms with Crippen molar-refractivity contribution in [2.24, 2.45) is 5.92 Å². The molecule has 2 N–H and O–H groups in total. The lowest BCUT2D eigenvalue weighted by Gasteiger charge is -2.42. The van der Waals surface area contributed by atoms with E-state index in [1.165, 1.54) is 0 Å². The largest absolute Gasteiger partial charge is 0.455 e. The van der Waals surface area contributed by atoms with Crippen molar-refractivity contribution in [1.29, 1.82) is 0 Å². The van der Waals surface area contributed by atoms with Crippen molar-refractivity contribution in [3.05, 3.63) is 12.2 Å². The highest BCUT2D eigenvalue weighted by molar-refractivity contribution is 7.87. The summed E-state index contributed by atoms with van der Waals surface area (Å²) in [5, 5.41) is 4.06. The van der Waals surface area contributed by atoms with Gasteiger partial charge in [-0.1, -0.05) is 25.8 Å². The van der Waals surface area contributed by atoms with E-state index >= 15 is 0 Å². The van der Waals surface area contributed by atoms with Crippen LogP contribution in [0.5, 0.6) is 0 Å². The van der Waals surface area contributed by atoms with Crippen LogP contribution in [-0.2, 0) is 24.4 Å². The first-order chi connectivity index (χ1) is 17.0. The maximum absolute atomic E-state index is 13.4. The minimum atomic E-state index is -6.41. The summed E-state index contributed by atoms with van der Waals surface area (Å²) in [6.45, 7) is 1.69. The predicted molar refractivity (Wildman–Crippen MR) is 109 cm³/mol. The molecule has 0 aromatic carbocycles. The van der Waals surface area contributed by atoms with Gasteiger partial charge in [-0.2, -0.15) is 52.3 Å². The predicted octanol–water partition coefficient (Wildman–Crippen LogP) is 5.19. The number of hydrogen-bond donors (Lipinski definition) is 2. The van der Waals surface area contributed by atoms with E-state index in [9.17, 15) is 62.2 Å². The first-order valence-corrected chi connectivity index (χ1v) is 12.5. The molecule has 0 amide bonds. The standard InChI is InChI=1S/C20H26F10O7S/c1-12(11-36-10-6-5-9-16(21,22)20(29,30)38(33,34)35)15(31)37-14(13-7-3-2-4-8-13)17(32,18(23,24)25)19(26,27)28/h13-14,32H,1-11H2,(H,33,34,35). The van der Waals surface area contributed by atoms with Gasteiger partial charge >= 0.3 is 39.6 Å². The molecule has 0 spiro atoms. The monoisotopic (exact) mass is 600 g/mol. The fraction of sp³-hybridized carbons (Fsp3) is 0.850. The van der Waals surface area contributed by atoms with Gasteiger partial charge in [-0.05, 0) is 31.6 Å².